The Hall–Kier alpha value is -2.34. The van der Waals surface area contributed by atoms with E-state index in [9.17, 15) is 13.2 Å². The van der Waals surface area contributed by atoms with Crippen molar-refractivity contribution in [2.24, 2.45) is 0 Å². The summed E-state index contributed by atoms with van der Waals surface area (Å²) in [5.41, 5.74) is 4.16. The van der Waals surface area contributed by atoms with Crippen molar-refractivity contribution in [3.8, 4) is 0 Å². The number of sulfonamides is 1. The van der Waals surface area contributed by atoms with Crippen LogP contribution in [0.3, 0.4) is 0 Å². The minimum Gasteiger partial charge on any atom is -0.324 e. The van der Waals surface area contributed by atoms with Crippen LogP contribution in [-0.4, -0.2) is 26.6 Å². The third kappa shape index (κ3) is 4.43. The molecule has 1 amide bonds. The number of nitrogens with one attached hydrogen (secondary N) is 1. The zero-order valence-corrected chi connectivity index (χ0v) is 16.7. The maximum Gasteiger partial charge on any atom is 0.248 e. The number of aryl methyl sites for hydroxylation is 3. The summed E-state index contributed by atoms with van der Waals surface area (Å²) in [4.78, 5) is 12.9. The number of benzene rings is 2. The maximum absolute atomic E-state index is 12.9. The summed E-state index contributed by atoms with van der Waals surface area (Å²) in [6.45, 7) is 7.59. The van der Waals surface area contributed by atoms with Gasteiger partial charge in [0, 0.05) is 5.69 Å². The van der Waals surface area contributed by atoms with Gasteiger partial charge in [0.2, 0.25) is 15.9 Å². The molecule has 0 saturated carbocycles. The fourth-order valence-corrected chi connectivity index (χ4v) is 4.06. The molecule has 0 bridgehead atoms. The molecule has 6 heteroatoms. The van der Waals surface area contributed by atoms with Gasteiger partial charge in [0.15, 0.2) is 0 Å². The third-order valence-corrected chi connectivity index (χ3v) is 5.66. The van der Waals surface area contributed by atoms with E-state index < -0.39 is 16.1 Å². The van der Waals surface area contributed by atoms with E-state index in [1.54, 1.807) is 25.1 Å². The Morgan fingerprint density at radius 1 is 1.04 bits per heavy atom. The molecule has 0 radical (unpaired) electrons. The molecule has 0 spiro atoms. The Balaban J connectivity index is 2.43. The first-order valence-electron chi connectivity index (χ1n) is 8.58. The molecular weight excluding hydrogens is 348 g/mol. The van der Waals surface area contributed by atoms with Crippen molar-refractivity contribution >= 4 is 27.3 Å². The van der Waals surface area contributed by atoms with Crippen LogP contribution < -0.4 is 9.62 Å². The molecule has 26 heavy (non-hydrogen) atoms. The zero-order chi connectivity index (χ0) is 19.5. The van der Waals surface area contributed by atoms with Gasteiger partial charge < -0.3 is 5.32 Å². The van der Waals surface area contributed by atoms with E-state index in [2.05, 4.69) is 5.32 Å². The Kier molecular flexibility index (Phi) is 6.08. The number of nitrogens with zero attached hydrogens (tertiary/aromatic N) is 1. The van der Waals surface area contributed by atoms with Crippen LogP contribution in [0, 0.1) is 20.8 Å². The summed E-state index contributed by atoms with van der Waals surface area (Å²) < 4.78 is 26.2. The minimum atomic E-state index is -3.63. The van der Waals surface area contributed by atoms with Crippen LogP contribution in [0.15, 0.2) is 42.5 Å². The molecule has 1 N–H and O–H groups in total. The third-order valence-electron chi connectivity index (χ3n) is 4.48. The molecule has 0 fully saturated rings. The van der Waals surface area contributed by atoms with Gasteiger partial charge in [-0.15, -0.1) is 0 Å². The van der Waals surface area contributed by atoms with E-state index in [-0.39, 0.29) is 5.91 Å². The van der Waals surface area contributed by atoms with Gasteiger partial charge in [-0.25, -0.2) is 8.42 Å². The summed E-state index contributed by atoms with van der Waals surface area (Å²) in [5.74, 6) is -0.342. The number of amides is 1. The normalized spacial score (nSPS) is 12.5. The second-order valence-corrected chi connectivity index (χ2v) is 8.42. The lowest BCUT2D eigenvalue weighted by atomic mass is 10.1. The highest BCUT2D eigenvalue weighted by molar-refractivity contribution is 7.92. The van der Waals surface area contributed by atoms with Gasteiger partial charge >= 0.3 is 0 Å². The SMILES string of the molecule is CC[C@H](C(=O)Nc1ccccc1C)N(c1ccc(C)c(C)c1)S(C)(=O)=O. The molecule has 0 aromatic heterocycles. The molecule has 1 atom stereocenters. The number of anilines is 2. The Morgan fingerprint density at radius 3 is 2.23 bits per heavy atom. The van der Waals surface area contributed by atoms with Crippen molar-refractivity contribution in [2.75, 3.05) is 15.9 Å². The van der Waals surface area contributed by atoms with Crippen LogP contribution in [-0.2, 0) is 14.8 Å². The van der Waals surface area contributed by atoms with Crippen LogP contribution in [0.25, 0.3) is 0 Å². The smallest absolute Gasteiger partial charge is 0.248 e. The minimum absolute atomic E-state index is 0.342. The second kappa shape index (κ2) is 7.91. The van der Waals surface area contributed by atoms with Crippen LogP contribution in [0.4, 0.5) is 11.4 Å². The molecule has 5 nitrogen and oxygen atoms in total. The fourth-order valence-electron chi connectivity index (χ4n) is 2.85. The summed E-state index contributed by atoms with van der Waals surface area (Å²) in [7, 11) is -3.63. The van der Waals surface area contributed by atoms with Gasteiger partial charge in [-0.05, 0) is 62.1 Å². The molecule has 2 aromatic carbocycles. The standard InChI is InChI=1S/C20H26N2O3S/c1-6-19(20(23)21-18-10-8-7-9-15(18)3)22(26(5,24)25)17-12-11-14(2)16(4)13-17/h7-13,19H,6H2,1-5H3,(H,21,23)/t19-/m1/s1. The average Bonchev–Trinajstić information content (AvgIpc) is 2.56. The Morgan fingerprint density at radius 2 is 1.69 bits per heavy atom. The number of para-hydroxylation sites is 1. The van der Waals surface area contributed by atoms with Crippen LogP contribution in [0.2, 0.25) is 0 Å². The van der Waals surface area contributed by atoms with Gasteiger partial charge in [0.25, 0.3) is 0 Å². The lowest BCUT2D eigenvalue weighted by molar-refractivity contribution is -0.117. The maximum atomic E-state index is 12.9. The molecule has 0 aliphatic carbocycles. The molecule has 0 heterocycles. The highest BCUT2D eigenvalue weighted by Gasteiger charge is 2.31. The predicted molar refractivity (Wildman–Crippen MR) is 107 cm³/mol. The topological polar surface area (TPSA) is 66.5 Å². The molecule has 140 valence electrons. The fraction of sp³-hybridized carbons (Fsp3) is 0.350. The first-order chi connectivity index (χ1) is 12.1. The van der Waals surface area contributed by atoms with Crippen LogP contribution in [0.1, 0.15) is 30.0 Å². The number of carbonyl (C=O) groups excluding carboxylic acids is 1. The number of carbonyl (C=O) groups is 1. The lowest BCUT2D eigenvalue weighted by Crippen LogP contribution is -2.47. The van der Waals surface area contributed by atoms with Gasteiger partial charge in [0.05, 0.1) is 11.9 Å². The summed E-state index contributed by atoms with van der Waals surface area (Å²) >= 11 is 0. The molecule has 0 aliphatic heterocycles. The first-order valence-corrected chi connectivity index (χ1v) is 10.4. The molecule has 0 unspecified atom stereocenters. The quantitative estimate of drug-likeness (QED) is 0.836. The number of rotatable bonds is 6. The van der Waals surface area contributed by atoms with E-state index >= 15 is 0 Å². The molecular formula is C20H26N2O3S. The summed E-state index contributed by atoms with van der Waals surface area (Å²) in [5, 5.41) is 2.86. The number of hydrogen-bond donors (Lipinski definition) is 1. The highest BCUT2D eigenvalue weighted by atomic mass is 32.2. The van der Waals surface area contributed by atoms with E-state index in [0.29, 0.717) is 17.8 Å². The van der Waals surface area contributed by atoms with Gasteiger partial charge in [-0.3, -0.25) is 9.10 Å². The van der Waals surface area contributed by atoms with Crippen molar-refractivity contribution < 1.29 is 13.2 Å². The van der Waals surface area contributed by atoms with E-state index in [4.69, 9.17) is 0 Å². The predicted octanol–water partition coefficient (Wildman–Crippen LogP) is 3.80. The van der Waals surface area contributed by atoms with Crippen molar-refractivity contribution in [1.29, 1.82) is 0 Å². The number of hydrogen-bond acceptors (Lipinski definition) is 3. The monoisotopic (exact) mass is 374 g/mol. The summed E-state index contributed by atoms with van der Waals surface area (Å²) in [6.07, 6.45) is 1.49. The van der Waals surface area contributed by atoms with Crippen molar-refractivity contribution in [3.05, 3.63) is 59.2 Å². The lowest BCUT2D eigenvalue weighted by Gasteiger charge is -2.30. The Bertz CT molecular complexity index is 907. The highest BCUT2D eigenvalue weighted by Crippen LogP contribution is 2.26. The van der Waals surface area contributed by atoms with Crippen molar-refractivity contribution in [1.82, 2.24) is 0 Å². The first kappa shape index (κ1) is 20.0. The Labute approximate surface area is 156 Å². The van der Waals surface area contributed by atoms with E-state index in [1.807, 2.05) is 45.0 Å². The van der Waals surface area contributed by atoms with E-state index in [1.165, 1.54) is 4.31 Å². The van der Waals surface area contributed by atoms with Gasteiger partial charge in [0.1, 0.15) is 6.04 Å². The zero-order valence-electron chi connectivity index (χ0n) is 15.9. The van der Waals surface area contributed by atoms with E-state index in [0.717, 1.165) is 22.9 Å². The van der Waals surface area contributed by atoms with Crippen LogP contribution >= 0.6 is 0 Å². The van der Waals surface area contributed by atoms with Gasteiger partial charge in [-0.2, -0.15) is 0 Å². The molecule has 2 rings (SSSR count). The van der Waals surface area contributed by atoms with Crippen molar-refractivity contribution in [3.63, 3.8) is 0 Å². The second-order valence-electron chi connectivity index (χ2n) is 6.56. The molecule has 0 aliphatic rings. The largest absolute Gasteiger partial charge is 0.324 e. The van der Waals surface area contributed by atoms with Crippen molar-refractivity contribution in [2.45, 2.75) is 40.2 Å². The molecule has 2 aromatic rings. The van der Waals surface area contributed by atoms with Crippen LogP contribution in [0.5, 0.6) is 0 Å². The summed E-state index contributed by atoms with van der Waals surface area (Å²) in [6, 6.07) is 12.0. The average molecular weight is 375 g/mol. The van der Waals surface area contributed by atoms with Gasteiger partial charge in [-0.1, -0.05) is 31.2 Å². The molecule has 0 saturated heterocycles.